The van der Waals surface area contributed by atoms with E-state index < -0.39 is 0 Å². The number of imide groups is 1. The minimum absolute atomic E-state index is 0.00855. The summed E-state index contributed by atoms with van der Waals surface area (Å²) in [7, 11) is 0. The highest BCUT2D eigenvalue weighted by atomic mass is 16.2. The highest BCUT2D eigenvalue weighted by Gasteiger charge is 2.36. The molecule has 4 rings (SSSR count). The average molecular weight is 440 g/mol. The standard InChI is InChI=1S/C25H33N3O4/c1-16-12-21-14-23(30)28(25(32)22(21)13-17(16)2)15-19-4-6-20(7-5-19)24(31)27-10-8-26(9-11-27)18(3)29/h12-13,19-20H,4-11,14-15H2,1-3H3. The topological polar surface area (TPSA) is 78.0 Å². The average Bonchev–Trinajstić information content (AvgIpc) is 2.78. The molecule has 1 saturated carbocycles. The number of hydrogen-bond acceptors (Lipinski definition) is 4. The molecule has 32 heavy (non-hydrogen) atoms. The first-order valence-electron chi connectivity index (χ1n) is 11.7. The van der Waals surface area contributed by atoms with Crippen LogP contribution in [0, 0.1) is 25.7 Å². The highest BCUT2D eigenvalue weighted by Crippen LogP contribution is 2.32. The van der Waals surface area contributed by atoms with E-state index in [2.05, 4.69) is 0 Å². The van der Waals surface area contributed by atoms with Gasteiger partial charge in [-0.1, -0.05) is 6.07 Å². The van der Waals surface area contributed by atoms with E-state index in [1.807, 2.05) is 30.9 Å². The van der Waals surface area contributed by atoms with E-state index in [0.717, 1.165) is 42.4 Å². The fraction of sp³-hybridized carbons (Fsp3) is 0.600. The second-order valence-electron chi connectivity index (χ2n) is 9.63. The molecule has 0 bridgehead atoms. The number of carbonyl (C=O) groups is 4. The van der Waals surface area contributed by atoms with Crippen molar-refractivity contribution in [3.8, 4) is 0 Å². The molecule has 0 atom stereocenters. The smallest absolute Gasteiger partial charge is 0.260 e. The Kier molecular flexibility index (Phi) is 6.35. The lowest BCUT2D eigenvalue weighted by atomic mass is 9.80. The fourth-order valence-corrected chi connectivity index (χ4v) is 5.27. The monoisotopic (exact) mass is 439 g/mol. The first-order valence-corrected chi connectivity index (χ1v) is 11.7. The third-order valence-electron chi connectivity index (χ3n) is 7.51. The van der Waals surface area contributed by atoms with E-state index >= 15 is 0 Å². The maximum Gasteiger partial charge on any atom is 0.260 e. The zero-order chi connectivity index (χ0) is 23.0. The molecule has 0 radical (unpaired) electrons. The van der Waals surface area contributed by atoms with Gasteiger partial charge < -0.3 is 9.80 Å². The predicted octanol–water partition coefficient (Wildman–Crippen LogP) is 2.33. The molecule has 0 N–H and O–H groups in total. The van der Waals surface area contributed by atoms with Gasteiger partial charge in [-0.3, -0.25) is 24.1 Å². The van der Waals surface area contributed by atoms with Gasteiger partial charge in [0.05, 0.1) is 6.42 Å². The van der Waals surface area contributed by atoms with Gasteiger partial charge in [0, 0.05) is 51.1 Å². The van der Waals surface area contributed by atoms with Gasteiger partial charge in [0.2, 0.25) is 17.7 Å². The highest BCUT2D eigenvalue weighted by molar-refractivity contribution is 6.09. The lowest BCUT2D eigenvalue weighted by Gasteiger charge is -2.38. The number of amides is 4. The molecule has 1 saturated heterocycles. The third-order valence-corrected chi connectivity index (χ3v) is 7.51. The summed E-state index contributed by atoms with van der Waals surface area (Å²) in [4.78, 5) is 55.3. The van der Waals surface area contributed by atoms with Crippen molar-refractivity contribution in [2.45, 2.75) is 52.9 Å². The minimum atomic E-state index is -0.180. The minimum Gasteiger partial charge on any atom is -0.339 e. The van der Waals surface area contributed by atoms with Gasteiger partial charge in [0.15, 0.2) is 0 Å². The molecule has 4 amide bonds. The van der Waals surface area contributed by atoms with Crippen LogP contribution in [0.25, 0.3) is 0 Å². The van der Waals surface area contributed by atoms with Gasteiger partial charge in [0.1, 0.15) is 0 Å². The van der Waals surface area contributed by atoms with Crippen molar-refractivity contribution in [1.82, 2.24) is 14.7 Å². The molecule has 0 aromatic heterocycles. The number of rotatable bonds is 3. The molecule has 1 aliphatic carbocycles. The van der Waals surface area contributed by atoms with Crippen molar-refractivity contribution < 1.29 is 19.2 Å². The SMILES string of the molecule is CC(=O)N1CCN(C(=O)C2CCC(CN3C(=O)Cc4cc(C)c(C)cc4C3=O)CC2)CC1. The summed E-state index contributed by atoms with van der Waals surface area (Å²) in [6.45, 7) is 8.43. The summed E-state index contributed by atoms with van der Waals surface area (Å²) in [6.07, 6.45) is 3.56. The molecule has 2 aliphatic heterocycles. The van der Waals surface area contributed by atoms with Crippen molar-refractivity contribution in [2.75, 3.05) is 32.7 Å². The summed E-state index contributed by atoms with van der Waals surface area (Å²) in [6, 6.07) is 3.87. The lowest BCUT2D eigenvalue weighted by molar-refractivity contribution is -0.142. The Morgan fingerprint density at radius 1 is 0.906 bits per heavy atom. The van der Waals surface area contributed by atoms with Crippen LogP contribution in [-0.2, 0) is 20.8 Å². The van der Waals surface area contributed by atoms with Crippen LogP contribution in [0.1, 0.15) is 59.7 Å². The third kappa shape index (κ3) is 4.43. The number of carbonyl (C=O) groups excluding carboxylic acids is 4. The van der Waals surface area contributed by atoms with E-state index in [1.54, 1.807) is 11.8 Å². The molecule has 172 valence electrons. The molecule has 0 unspecified atom stereocenters. The number of aryl methyl sites for hydroxylation is 2. The maximum atomic E-state index is 13.0. The second kappa shape index (κ2) is 9.04. The first kappa shape index (κ1) is 22.5. The van der Waals surface area contributed by atoms with Crippen LogP contribution >= 0.6 is 0 Å². The summed E-state index contributed by atoms with van der Waals surface area (Å²) in [5.74, 6) is 0.209. The van der Waals surface area contributed by atoms with Crippen LogP contribution in [0.5, 0.6) is 0 Å². The quantitative estimate of drug-likeness (QED) is 0.678. The van der Waals surface area contributed by atoms with Gasteiger partial charge >= 0.3 is 0 Å². The normalized spacial score (nSPS) is 23.9. The van der Waals surface area contributed by atoms with E-state index in [1.165, 1.54) is 4.90 Å². The molecular formula is C25H33N3O4. The number of fused-ring (bicyclic) bond motifs is 1. The molecule has 3 aliphatic rings. The van der Waals surface area contributed by atoms with Gasteiger partial charge in [-0.05, 0) is 68.2 Å². The Balaban J connectivity index is 1.32. The molecule has 0 spiro atoms. The number of benzene rings is 1. The Hall–Kier alpha value is -2.70. The van der Waals surface area contributed by atoms with Crippen LogP contribution in [0.2, 0.25) is 0 Å². The summed E-state index contributed by atoms with van der Waals surface area (Å²) >= 11 is 0. The largest absolute Gasteiger partial charge is 0.339 e. The van der Waals surface area contributed by atoms with Crippen LogP contribution in [0.4, 0.5) is 0 Å². The Morgan fingerprint density at radius 3 is 2.12 bits per heavy atom. The second-order valence-corrected chi connectivity index (χ2v) is 9.63. The van der Waals surface area contributed by atoms with Crippen molar-refractivity contribution in [1.29, 1.82) is 0 Å². The van der Waals surface area contributed by atoms with Crippen molar-refractivity contribution >= 4 is 23.6 Å². The number of nitrogens with zero attached hydrogens (tertiary/aromatic N) is 3. The first-order chi connectivity index (χ1) is 15.2. The van der Waals surface area contributed by atoms with E-state index in [-0.39, 0.29) is 41.9 Å². The van der Waals surface area contributed by atoms with Gasteiger partial charge in [-0.2, -0.15) is 0 Å². The Morgan fingerprint density at radius 2 is 1.50 bits per heavy atom. The van der Waals surface area contributed by atoms with Crippen LogP contribution in [0.15, 0.2) is 12.1 Å². The van der Waals surface area contributed by atoms with Gasteiger partial charge in [-0.25, -0.2) is 0 Å². The lowest BCUT2D eigenvalue weighted by Crippen LogP contribution is -2.52. The molecule has 2 fully saturated rings. The van der Waals surface area contributed by atoms with E-state index in [0.29, 0.717) is 38.3 Å². The zero-order valence-corrected chi connectivity index (χ0v) is 19.4. The molecule has 7 nitrogen and oxygen atoms in total. The van der Waals surface area contributed by atoms with Crippen LogP contribution in [-0.4, -0.2) is 71.1 Å². The van der Waals surface area contributed by atoms with Crippen LogP contribution in [0.3, 0.4) is 0 Å². The van der Waals surface area contributed by atoms with Crippen molar-refractivity contribution in [3.05, 3.63) is 34.4 Å². The van der Waals surface area contributed by atoms with E-state index in [4.69, 9.17) is 0 Å². The summed E-state index contributed by atoms with van der Waals surface area (Å²) < 4.78 is 0. The van der Waals surface area contributed by atoms with Crippen molar-refractivity contribution in [2.24, 2.45) is 11.8 Å². The zero-order valence-electron chi connectivity index (χ0n) is 19.4. The number of piperazine rings is 1. The van der Waals surface area contributed by atoms with Gasteiger partial charge in [-0.15, -0.1) is 0 Å². The number of hydrogen-bond donors (Lipinski definition) is 0. The molecule has 7 heteroatoms. The summed E-state index contributed by atoms with van der Waals surface area (Å²) in [5.41, 5.74) is 3.65. The molecule has 1 aromatic rings. The Bertz CT molecular complexity index is 941. The van der Waals surface area contributed by atoms with E-state index in [9.17, 15) is 19.2 Å². The maximum absolute atomic E-state index is 13.0. The molecule has 2 heterocycles. The predicted molar refractivity (Wildman–Crippen MR) is 120 cm³/mol. The Labute approximate surface area is 189 Å². The molecular weight excluding hydrogens is 406 g/mol. The molecule has 1 aromatic carbocycles. The van der Waals surface area contributed by atoms with Gasteiger partial charge in [0.25, 0.3) is 5.91 Å². The fourth-order valence-electron chi connectivity index (χ4n) is 5.27. The van der Waals surface area contributed by atoms with Crippen molar-refractivity contribution in [3.63, 3.8) is 0 Å². The van der Waals surface area contributed by atoms with Crippen LogP contribution < -0.4 is 0 Å². The summed E-state index contributed by atoms with van der Waals surface area (Å²) in [5, 5.41) is 0.